The van der Waals surface area contributed by atoms with Gasteiger partial charge < -0.3 is 97.2 Å². The lowest BCUT2D eigenvalue weighted by atomic mass is 9.83. The monoisotopic (exact) mass is 681 g/mol. The first kappa shape index (κ1) is 39.9. The van der Waals surface area contributed by atoms with Crippen LogP contribution in [-0.2, 0) is 34.1 Å². The fraction of sp³-hybridized carbons (Fsp3) is 0.955. The minimum absolute atomic E-state index is 0.0101. The Hall–Kier alpha value is -1.30. The topological polar surface area (TPSA) is 412 Å². The molecule has 0 aromatic carbocycles. The number of hydrogen-bond acceptors (Lipinski definition) is 21. The predicted octanol–water partition coefficient (Wildman–Crippen LogP) is -9.76. The van der Waals surface area contributed by atoms with E-state index in [4.69, 9.17) is 59.4 Å². The van der Waals surface area contributed by atoms with Gasteiger partial charge >= 0.3 is 0 Å². The van der Waals surface area contributed by atoms with Gasteiger partial charge in [-0.05, 0) is 19.4 Å². The number of nitrogens with two attached hydrogens (primary N) is 4. The van der Waals surface area contributed by atoms with E-state index in [0.29, 0.717) is 0 Å². The smallest absolute Gasteiger partial charge is 0.249 e. The number of rotatable bonds is 10. The van der Waals surface area contributed by atoms with Crippen LogP contribution in [-0.4, -0.2) is 182 Å². The van der Waals surface area contributed by atoms with Crippen LogP contribution in [0.4, 0.5) is 0 Å². The molecule has 22 nitrogen and oxygen atoms in total. The van der Waals surface area contributed by atoms with Crippen molar-refractivity contribution in [3.8, 4) is 0 Å². The van der Waals surface area contributed by atoms with Crippen LogP contribution < -0.4 is 28.3 Å². The second-order valence-electron chi connectivity index (χ2n) is 10.7. The molecule has 1 saturated carbocycles. The second-order valence-corrected chi connectivity index (χ2v) is 11.6. The highest BCUT2D eigenvalue weighted by molar-refractivity contribution is 7.79. The lowest BCUT2D eigenvalue weighted by Gasteiger charge is -2.49. The van der Waals surface area contributed by atoms with E-state index in [9.17, 15) is 45.6 Å². The van der Waals surface area contributed by atoms with Crippen molar-refractivity contribution >= 4 is 16.3 Å². The van der Waals surface area contributed by atoms with Gasteiger partial charge in [-0.2, -0.15) is 0 Å². The van der Waals surface area contributed by atoms with Crippen LogP contribution >= 0.6 is 0 Å². The number of hydrogen-bond donors (Lipinski definition) is 13. The molecule has 2 heterocycles. The van der Waals surface area contributed by atoms with Crippen molar-refractivity contribution in [2.24, 2.45) is 22.9 Å². The van der Waals surface area contributed by atoms with Crippen molar-refractivity contribution < 1.29 is 82.1 Å². The van der Waals surface area contributed by atoms with E-state index in [1.165, 1.54) is 0 Å². The minimum Gasteiger partial charge on any atom is -0.759 e. The Morgan fingerprint density at radius 3 is 1.93 bits per heavy atom. The van der Waals surface area contributed by atoms with E-state index in [2.05, 4.69) is 5.32 Å². The summed E-state index contributed by atoms with van der Waals surface area (Å²) in [6.07, 6.45) is -19.8. The Bertz CT molecular complexity index is 1020. The van der Waals surface area contributed by atoms with E-state index in [0.717, 1.165) is 0 Å². The molecule has 17 N–H and O–H groups in total. The van der Waals surface area contributed by atoms with Gasteiger partial charge in [-0.1, -0.05) is 0 Å². The quantitative estimate of drug-likeness (QED) is 0.0751. The van der Waals surface area contributed by atoms with Crippen LogP contribution in [0, 0.1) is 0 Å². The number of aliphatic hydroxyl groups is 8. The van der Waals surface area contributed by atoms with Crippen molar-refractivity contribution in [3.05, 3.63) is 0 Å². The summed E-state index contributed by atoms with van der Waals surface area (Å²) in [5, 5.41) is 84.9. The number of ether oxygens (including phenoxy) is 4. The molecule has 0 aromatic rings. The highest BCUT2D eigenvalue weighted by atomic mass is 32.3. The van der Waals surface area contributed by atoms with Gasteiger partial charge in [0.1, 0.15) is 67.1 Å². The third-order valence-electron chi connectivity index (χ3n) is 7.51. The van der Waals surface area contributed by atoms with Crippen molar-refractivity contribution in [1.82, 2.24) is 5.32 Å². The summed E-state index contributed by atoms with van der Waals surface area (Å²) >= 11 is 0. The second kappa shape index (κ2) is 17.2. The van der Waals surface area contributed by atoms with Crippen molar-refractivity contribution in [2.75, 3.05) is 19.7 Å². The zero-order valence-corrected chi connectivity index (χ0v) is 24.6. The van der Waals surface area contributed by atoms with E-state index in [-0.39, 0.29) is 25.9 Å². The van der Waals surface area contributed by atoms with E-state index < -0.39 is 121 Å². The van der Waals surface area contributed by atoms with Gasteiger partial charge in [0.2, 0.25) is 5.91 Å². The molecule has 0 radical (unpaired) electrons. The van der Waals surface area contributed by atoms with Gasteiger partial charge in [-0.15, -0.1) is 0 Å². The Morgan fingerprint density at radius 2 is 1.40 bits per heavy atom. The molecule has 16 atom stereocenters. The van der Waals surface area contributed by atoms with Crippen LogP contribution in [0.1, 0.15) is 12.8 Å². The predicted molar refractivity (Wildman–Crippen MR) is 142 cm³/mol. The van der Waals surface area contributed by atoms with Crippen LogP contribution in [0.15, 0.2) is 0 Å². The van der Waals surface area contributed by atoms with Crippen LogP contribution in [0.3, 0.4) is 0 Å². The zero-order chi connectivity index (χ0) is 34.4. The fourth-order valence-electron chi connectivity index (χ4n) is 5.07. The van der Waals surface area contributed by atoms with E-state index in [1.807, 2.05) is 0 Å². The molecule has 3 rings (SSSR count). The molecule has 45 heavy (non-hydrogen) atoms. The maximum atomic E-state index is 12.6. The van der Waals surface area contributed by atoms with Gasteiger partial charge in [0.15, 0.2) is 12.6 Å². The van der Waals surface area contributed by atoms with Gasteiger partial charge in [-0.25, -0.2) is 0 Å². The largest absolute Gasteiger partial charge is 0.759 e. The van der Waals surface area contributed by atoms with E-state index in [1.54, 1.807) is 0 Å². The third-order valence-corrected chi connectivity index (χ3v) is 7.51. The summed E-state index contributed by atoms with van der Waals surface area (Å²) in [7, 11) is -5.17. The molecular weight excluding hydrogens is 638 g/mol. The Morgan fingerprint density at radius 1 is 0.867 bits per heavy atom. The minimum atomic E-state index is -5.17. The van der Waals surface area contributed by atoms with Gasteiger partial charge in [-0.3, -0.25) is 13.2 Å². The Balaban J connectivity index is 0.00000130. The molecule has 2 saturated heterocycles. The molecule has 0 bridgehead atoms. The van der Waals surface area contributed by atoms with Gasteiger partial charge in [0.05, 0.1) is 18.7 Å². The third kappa shape index (κ3) is 10.6. The molecule has 23 heteroatoms. The SMILES string of the molecule is NCC[C@H](O)C(=O)N[C@@H]1C[C@H](N)[C@@H](O[C@H]2O[C@H](CN)[C@@H](O)[C@H](O)[C@H]2O)[C@H](O)[C@H]1O[C@H]1O[C@H](CO)[C@@H](O)[C@H](N)[C@H]1O.O=S(=O)([O-])[O-]. The molecule has 3 aliphatic rings. The molecule has 2 aliphatic heterocycles. The maximum Gasteiger partial charge on any atom is 0.249 e. The number of amides is 1. The van der Waals surface area contributed by atoms with Gasteiger partial charge in [0.25, 0.3) is 0 Å². The highest BCUT2D eigenvalue weighted by Crippen LogP contribution is 2.32. The first-order valence-corrected chi connectivity index (χ1v) is 15.1. The van der Waals surface area contributed by atoms with Crippen molar-refractivity contribution in [3.63, 3.8) is 0 Å². The molecule has 3 fully saturated rings. The van der Waals surface area contributed by atoms with Crippen LogP contribution in [0.2, 0.25) is 0 Å². The first-order chi connectivity index (χ1) is 20.9. The van der Waals surface area contributed by atoms with Crippen molar-refractivity contribution in [2.45, 2.75) is 111 Å². The number of carbonyl (C=O) groups is 1. The maximum absolute atomic E-state index is 12.6. The lowest BCUT2D eigenvalue weighted by Crippen LogP contribution is -2.69. The van der Waals surface area contributed by atoms with Gasteiger partial charge in [0, 0.05) is 23.0 Å². The molecular formula is C22H43N5O17S-2. The first-order valence-electron chi connectivity index (χ1n) is 13.7. The Labute approximate surface area is 257 Å². The molecule has 266 valence electrons. The fourth-order valence-corrected chi connectivity index (χ4v) is 5.07. The Kier molecular flexibility index (Phi) is 15.2. The van der Waals surface area contributed by atoms with Crippen LogP contribution in [0.25, 0.3) is 0 Å². The average Bonchev–Trinajstić information content (AvgIpc) is 2.96. The molecule has 1 aliphatic carbocycles. The summed E-state index contributed by atoms with van der Waals surface area (Å²) in [5.41, 5.74) is 23.1. The summed E-state index contributed by atoms with van der Waals surface area (Å²) < 4.78 is 56.6. The zero-order valence-electron chi connectivity index (χ0n) is 23.7. The van der Waals surface area contributed by atoms with Crippen LogP contribution in [0.5, 0.6) is 0 Å². The summed E-state index contributed by atoms with van der Waals surface area (Å²) in [4.78, 5) is 12.6. The summed E-state index contributed by atoms with van der Waals surface area (Å²) in [5.74, 6) is -0.845. The average molecular weight is 682 g/mol. The van der Waals surface area contributed by atoms with Crippen molar-refractivity contribution in [1.29, 1.82) is 0 Å². The number of nitrogens with one attached hydrogen (secondary N) is 1. The number of carbonyl (C=O) groups excluding carboxylic acids is 1. The highest BCUT2D eigenvalue weighted by Gasteiger charge is 2.52. The summed E-state index contributed by atoms with van der Waals surface area (Å²) in [6, 6.07) is -3.45. The number of aliphatic hydroxyl groups excluding tert-OH is 8. The standard InChI is InChI=1S/C22H43N5O13.H2O4S/c23-2-1-8(29)20(36)27-7-3-6(25)18(39-22-16(34)15(33)13(31)9(4-24)37-22)17(35)19(7)40-21-14(32)11(26)12(30)10(5-28)38-21;1-5(2,3)4/h6-19,21-22,28-35H,1-5,23-26H2,(H,27,36);(H2,1,2,3,4)/p-2/t6-,7+,8-,9+,10+,11-,12+,13+,14+,15-,16+,17-,18+,19-,21+,22+;/m0./s1. The molecule has 1 amide bonds. The normalized spacial score (nSPS) is 43.1. The van der Waals surface area contributed by atoms with E-state index >= 15 is 0 Å². The molecule has 0 unspecified atom stereocenters. The molecule has 0 aromatic heterocycles. The summed E-state index contributed by atoms with van der Waals surface area (Å²) in [6.45, 7) is -0.898. The molecule has 0 spiro atoms. The lowest BCUT2D eigenvalue weighted by molar-refractivity contribution is -0.332.